The van der Waals surface area contributed by atoms with Gasteiger partial charge in [-0.25, -0.2) is 15.0 Å². The second-order valence-electron chi connectivity index (χ2n) is 11.1. The summed E-state index contributed by atoms with van der Waals surface area (Å²) in [5, 5.41) is 4.59. The zero-order valence-corrected chi connectivity index (χ0v) is 24.9. The molecule has 0 atom stereocenters. The van der Waals surface area contributed by atoms with Gasteiger partial charge in [0.05, 0.1) is 32.8 Å². The predicted octanol–water partition coefficient (Wildman–Crippen LogP) is 10.6. The lowest BCUT2D eigenvalue weighted by Gasteiger charge is -2.11. The van der Waals surface area contributed by atoms with Gasteiger partial charge < -0.3 is 0 Å². The van der Waals surface area contributed by atoms with Crippen LogP contribution in [-0.2, 0) is 0 Å². The van der Waals surface area contributed by atoms with Crippen LogP contribution in [0.3, 0.4) is 0 Å². The van der Waals surface area contributed by atoms with Crippen LogP contribution in [0.15, 0.2) is 146 Å². The highest BCUT2D eigenvalue weighted by molar-refractivity contribution is 7.26. The van der Waals surface area contributed by atoms with E-state index in [0.717, 1.165) is 77.1 Å². The van der Waals surface area contributed by atoms with Gasteiger partial charge in [0.2, 0.25) is 0 Å². The van der Waals surface area contributed by atoms with Crippen molar-refractivity contribution in [1.82, 2.24) is 19.9 Å². The smallest absolute Gasteiger partial charge is 0.160 e. The molecule has 0 fully saturated rings. The number of hydrogen-bond acceptors (Lipinski definition) is 5. The Morgan fingerprint density at radius 3 is 1.98 bits per heavy atom. The Labute approximate surface area is 263 Å². The van der Waals surface area contributed by atoms with E-state index in [4.69, 9.17) is 19.9 Å². The van der Waals surface area contributed by atoms with Crippen LogP contribution >= 0.6 is 11.3 Å². The molecule has 0 unspecified atom stereocenters. The zero-order valence-electron chi connectivity index (χ0n) is 24.1. The molecular weight excluding hydrogens is 569 g/mol. The van der Waals surface area contributed by atoms with Gasteiger partial charge in [-0.2, -0.15) is 0 Å². The van der Waals surface area contributed by atoms with Crippen LogP contribution in [-0.4, -0.2) is 19.9 Å². The highest BCUT2D eigenvalue weighted by atomic mass is 32.1. The highest BCUT2D eigenvalue weighted by Crippen LogP contribution is 2.39. The van der Waals surface area contributed by atoms with E-state index in [1.807, 2.05) is 18.3 Å². The lowest BCUT2D eigenvalue weighted by molar-refractivity contribution is 1.24. The number of hydrogen-bond donors (Lipinski definition) is 0. The predicted molar refractivity (Wildman–Crippen MR) is 187 cm³/mol. The molecule has 0 spiro atoms. The number of fused-ring (bicyclic) bond motifs is 6. The maximum atomic E-state index is 5.13. The van der Waals surface area contributed by atoms with Crippen molar-refractivity contribution in [3.05, 3.63) is 146 Å². The van der Waals surface area contributed by atoms with Crippen LogP contribution in [0.1, 0.15) is 0 Å². The molecule has 4 heterocycles. The first-order valence-corrected chi connectivity index (χ1v) is 15.7. The van der Waals surface area contributed by atoms with Gasteiger partial charge in [-0.3, -0.25) is 4.98 Å². The number of para-hydroxylation sites is 1. The summed E-state index contributed by atoms with van der Waals surface area (Å²) in [6.07, 6.45) is 1.87. The average molecular weight is 593 g/mol. The van der Waals surface area contributed by atoms with Gasteiger partial charge in [0.15, 0.2) is 5.82 Å². The van der Waals surface area contributed by atoms with Crippen molar-refractivity contribution in [2.45, 2.75) is 0 Å². The lowest BCUT2D eigenvalue weighted by atomic mass is 10.00. The molecule has 0 saturated carbocycles. The second-order valence-corrected chi connectivity index (χ2v) is 12.1. The monoisotopic (exact) mass is 592 g/mol. The van der Waals surface area contributed by atoms with Gasteiger partial charge in [-0.05, 0) is 40.8 Å². The third-order valence-electron chi connectivity index (χ3n) is 8.35. The Hall–Kier alpha value is -5.78. The van der Waals surface area contributed by atoms with Crippen molar-refractivity contribution in [3.8, 4) is 45.2 Å². The fraction of sp³-hybridized carbons (Fsp3) is 0. The fourth-order valence-electron chi connectivity index (χ4n) is 6.16. The maximum Gasteiger partial charge on any atom is 0.160 e. The number of aromatic nitrogens is 4. The van der Waals surface area contributed by atoms with E-state index in [0.29, 0.717) is 0 Å². The molecule has 0 amide bonds. The molecule has 0 aliphatic rings. The van der Waals surface area contributed by atoms with E-state index in [2.05, 4.69) is 127 Å². The molecule has 0 aliphatic carbocycles. The summed E-state index contributed by atoms with van der Waals surface area (Å²) < 4.78 is 2.33. The number of pyridine rings is 2. The summed E-state index contributed by atoms with van der Waals surface area (Å²) in [6, 6.07) is 48.3. The standard InChI is InChI=1S/C40H24N4S/c1-2-10-26(11-3-1)36-39-38(32-15-7-9-17-35(32)45-39)44-40(43-36)27-20-18-25(19-21-27)28-22-23-41-34(24-28)37-31-14-5-4-12-29(31)30-13-6-8-16-33(30)42-37/h1-24H. The van der Waals surface area contributed by atoms with Crippen molar-refractivity contribution in [2.24, 2.45) is 0 Å². The molecule has 45 heavy (non-hydrogen) atoms. The SMILES string of the molecule is c1ccc(-c2nc(-c3ccc(-c4ccnc(-c5nc6ccccc6c6ccccc56)c4)cc3)nc3c2sc2ccccc23)cc1. The molecule has 0 saturated heterocycles. The number of benzene rings is 5. The molecule has 4 nitrogen and oxygen atoms in total. The van der Waals surface area contributed by atoms with Crippen LogP contribution in [0.5, 0.6) is 0 Å². The summed E-state index contributed by atoms with van der Waals surface area (Å²) in [7, 11) is 0. The first kappa shape index (κ1) is 25.7. The number of nitrogens with zero attached hydrogens (tertiary/aromatic N) is 4. The fourth-order valence-corrected chi connectivity index (χ4v) is 7.32. The van der Waals surface area contributed by atoms with Crippen LogP contribution in [0.25, 0.3) is 87.1 Å². The Balaban J connectivity index is 1.14. The minimum Gasteiger partial charge on any atom is -0.255 e. The largest absolute Gasteiger partial charge is 0.255 e. The van der Waals surface area contributed by atoms with E-state index >= 15 is 0 Å². The Bertz CT molecular complexity index is 2540. The van der Waals surface area contributed by atoms with Crippen LogP contribution in [0.4, 0.5) is 0 Å². The third-order valence-corrected chi connectivity index (χ3v) is 9.52. The van der Waals surface area contributed by atoms with Crippen molar-refractivity contribution in [2.75, 3.05) is 0 Å². The molecule has 210 valence electrons. The third kappa shape index (κ3) is 4.36. The lowest BCUT2D eigenvalue weighted by Crippen LogP contribution is -1.94. The second kappa shape index (κ2) is 10.4. The molecule has 9 aromatic rings. The van der Waals surface area contributed by atoms with Crippen molar-refractivity contribution >= 4 is 53.3 Å². The van der Waals surface area contributed by atoms with E-state index in [-0.39, 0.29) is 0 Å². The summed E-state index contributed by atoms with van der Waals surface area (Å²) in [5.41, 5.74) is 8.91. The molecular formula is C40H24N4S. The van der Waals surface area contributed by atoms with Gasteiger partial charge in [0, 0.05) is 38.2 Å². The summed E-state index contributed by atoms with van der Waals surface area (Å²) >= 11 is 1.75. The normalized spacial score (nSPS) is 11.6. The summed E-state index contributed by atoms with van der Waals surface area (Å²) in [6.45, 7) is 0. The molecule has 0 radical (unpaired) electrons. The van der Waals surface area contributed by atoms with Gasteiger partial charge in [0.25, 0.3) is 0 Å². The topological polar surface area (TPSA) is 51.6 Å². The Morgan fingerprint density at radius 2 is 1.13 bits per heavy atom. The van der Waals surface area contributed by atoms with Crippen molar-refractivity contribution in [3.63, 3.8) is 0 Å². The van der Waals surface area contributed by atoms with Crippen LogP contribution in [0, 0.1) is 0 Å². The van der Waals surface area contributed by atoms with E-state index in [1.54, 1.807) is 11.3 Å². The van der Waals surface area contributed by atoms with Gasteiger partial charge in [-0.1, -0.05) is 115 Å². The van der Waals surface area contributed by atoms with Gasteiger partial charge in [-0.15, -0.1) is 11.3 Å². The summed E-state index contributed by atoms with van der Waals surface area (Å²) in [5.74, 6) is 0.721. The van der Waals surface area contributed by atoms with Gasteiger partial charge >= 0.3 is 0 Å². The number of thiophene rings is 1. The molecule has 5 aromatic carbocycles. The summed E-state index contributed by atoms with van der Waals surface area (Å²) in [4.78, 5) is 20.1. The van der Waals surface area contributed by atoms with E-state index in [1.165, 1.54) is 10.1 Å². The molecule has 0 aliphatic heterocycles. The Kier molecular flexibility index (Phi) is 5.96. The average Bonchev–Trinajstić information content (AvgIpc) is 3.50. The molecule has 0 N–H and O–H groups in total. The van der Waals surface area contributed by atoms with E-state index < -0.39 is 0 Å². The minimum atomic E-state index is 0.721. The van der Waals surface area contributed by atoms with Crippen LogP contribution < -0.4 is 0 Å². The highest BCUT2D eigenvalue weighted by Gasteiger charge is 2.17. The molecule has 9 rings (SSSR count). The first-order valence-electron chi connectivity index (χ1n) is 14.9. The van der Waals surface area contributed by atoms with E-state index in [9.17, 15) is 0 Å². The minimum absolute atomic E-state index is 0.721. The van der Waals surface area contributed by atoms with Crippen molar-refractivity contribution in [1.29, 1.82) is 0 Å². The molecule has 0 bridgehead atoms. The zero-order chi connectivity index (χ0) is 29.7. The molecule has 5 heteroatoms. The van der Waals surface area contributed by atoms with Gasteiger partial charge in [0.1, 0.15) is 0 Å². The maximum absolute atomic E-state index is 5.13. The first-order chi connectivity index (χ1) is 22.3. The molecule has 4 aromatic heterocycles. The van der Waals surface area contributed by atoms with Crippen molar-refractivity contribution < 1.29 is 0 Å². The Morgan fingerprint density at radius 1 is 0.444 bits per heavy atom. The number of rotatable bonds is 4. The quantitative estimate of drug-likeness (QED) is 0.191. The van der Waals surface area contributed by atoms with Crippen LogP contribution in [0.2, 0.25) is 0 Å².